The van der Waals surface area contributed by atoms with Gasteiger partial charge in [-0.1, -0.05) is 100 Å². The van der Waals surface area contributed by atoms with Gasteiger partial charge in [0.15, 0.2) is 0 Å². The number of rotatable bonds is 20. The molecule has 13 nitrogen and oxygen atoms in total. The van der Waals surface area contributed by atoms with E-state index in [1.165, 1.54) is 0 Å². The van der Waals surface area contributed by atoms with Crippen molar-refractivity contribution in [2.75, 3.05) is 19.8 Å². The van der Waals surface area contributed by atoms with Crippen LogP contribution in [0.5, 0.6) is 5.75 Å². The Bertz CT molecular complexity index is 1560. The molecule has 3 rings (SSSR count). The molecule has 0 spiro atoms. The number of hydrazine groups is 1. The lowest BCUT2D eigenvalue weighted by atomic mass is 9.97. The van der Waals surface area contributed by atoms with Crippen LogP contribution in [0.3, 0.4) is 0 Å². The quantitative estimate of drug-likeness (QED) is 0.0975. The number of amides is 4. The van der Waals surface area contributed by atoms with Crippen molar-refractivity contribution in [1.29, 1.82) is 0 Å². The number of nitrogens with one attached hydrogen (secondary N) is 4. The molecule has 4 amide bonds. The number of aliphatic hydroxyl groups is 1. The topological polar surface area (TPSA) is 168 Å². The van der Waals surface area contributed by atoms with Crippen LogP contribution < -0.4 is 26.1 Å². The van der Waals surface area contributed by atoms with Gasteiger partial charge in [0.05, 0.1) is 25.4 Å². The number of carbonyl (C=O) groups is 4. The van der Waals surface area contributed by atoms with Crippen LogP contribution in [-0.2, 0) is 32.2 Å². The average molecular weight is 734 g/mol. The van der Waals surface area contributed by atoms with E-state index in [-0.39, 0.29) is 44.6 Å². The van der Waals surface area contributed by atoms with Crippen molar-refractivity contribution in [2.45, 2.75) is 85.3 Å². The number of carbonyl (C=O) groups excluding carboxylic acids is 4. The van der Waals surface area contributed by atoms with Crippen LogP contribution in [0.25, 0.3) is 0 Å². The first-order chi connectivity index (χ1) is 25.4. The van der Waals surface area contributed by atoms with E-state index in [0.717, 1.165) is 11.1 Å². The molecule has 13 heteroatoms. The van der Waals surface area contributed by atoms with E-state index in [2.05, 4.69) is 21.4 Å². The van der Waals surface area contributed by atoms with Crippen molar-refractivity contribution in [3.63, 3.8) is 0 Å². The van der Waals surface area contributed by atoms with Gasteiger partial charge in [-0.15, -0.1) is 0 Å². The molecule has 5 N–H and O–H groups in total. The van der Waals surface area contributed by atoms with Crippen LogP contribution in [0.2, 0.25) is 0 Å². The average Bonchev–Trinajstić information content (AvgIpc) is 3.14. The highest BCUT2D eigenvalue weighted by Crippen LogP contribution is 2.22. The molecule has 53 heavy (non-hydrogen) atoms. The highest BCUT2D eigenvalue weighted by atomic mass is 16.6. The van der Waals surface area contributed by atoms with Crippen LogP contribution in [0.1, 0.15) is 70.7 Å². The normalized spacial score (nSPS) is 13.4. The number of hydrogen-bond acceptors (Lipinski definition) is 9. The molecule has 4 atom stereocenters. The number of aliphatic hydroxyl groups excluding tert-OH is 1. The molecule has 0 saturated heterocycles. The Morgan fingerprint density at radius 3 is 1.74 bits per heavy atom. The van der Waals surface area contributed by atoms with Gasteiger partial charge in [-0.3, -0.25) is 15.0 Å². The first-order valence-electron chi connectivity index (χ1n) is 18.1. The van der Waals surface area contributed by atoms with Gasteiger partial charge in [0.2, 0.25) is 5.91 Å². The third kappa shape index (κ3) is 14.4. The van der Waals surface area contributed by atoms with E-state index in [0.29, 0.717) is 17.9 Å². The van der Waals surface area contributed by atoms with Crippen molar-refractivity contribution in [3.8, 4) is 5.75 Å². The minimum Gasteiger partial charge on any atom is -0.489 e. The summed E-state index contributed by atoms with van der Waals surface area (Å²) < 4.78 is 16.0. The van der Waals surface area contributed by atoms with Gasteiger partial charge >= 0.3 is 12.2 Å². The zero-order chi connectivity index (χ0) is 38.8. The van der Waals surface area contributed by atoms with E-state index in [1.807, 2.05) is 74.5 Å². The number of hydrogen-bond donors (Lipinski definition) is 5. The third-order valence-corrected chi connectivity index (χ3v) is 8.35. The summed E-state index contributed by atoms with van der Waals surface area (Å²) in [6.07, 6.45) is -2.40. The maximum atomic E-state index is 13.6. The molecule has 0 fully saturated rings. The Labute approximate surface area is 312 Å². The Balaban J connectivity index is 1.81. The fraction of sp³-hybridized carbons (Fsp3) is 0.450. The zero-order valence-corrected chi connectivity index (χ0v) is 31.5. The summed E-state index contributed by atoms with van der Waals surface area (Å²) in [5, 5.41) is 21.5. The Morgan fingerprint density at radius 1 is 0.679 bits per heavy atom. The lowest BCUT2D eigenvalue weighted by molar-refractivity contribution is -0.129. The highest BCUT2D eigenvalue weighted by Gasteiger charge is 2.31. The second-order valence-electron chi connectivity index (χ2n) is 13.2. The first kappa shape index (κ1) is 42.3. The molecule has 0 aliphatic heterocycles. The maximum Gasteiger partial charge on any atom is 0.407 e. The summed E-state index contributed by atoms with van der Waals surface area (Å²) in [6.45, 7) is 11.7. The lowest BCUT2D eigenvalue weighted by Gasteiger charge is -2.31. The van der Waals surface area contributed by atoms with Crippen molar-refractivity contribution < 1.29 is 38.5 Å². The molecule has 0 aromatic heterocycles. The summed E-state index contributed by atoms with van der Waals surface area (Å²) in [5.74, 6) is -0.789. The van der Waals surface area contributed by atoms with Gasteiger partial charge in [0.25, 0.3) is 5.91 Å². The SMILES string of the molecule is CCOC(=O)NC(C(=O)NC(c1ccccc1)C(O)CCN(Cc1ccc(OCc2ccccc2)cc1)NC(=O)C(NC(=O)OCC)C(C)C)C(C)C. The van der Waals surface area contributed by atoms with E-state index in [4.69, 9.17) is 14.2 Å². The summed E-state index contributed by atoms with van der Waals surface area (Å²) in [7, 11) is 0. The molecule has 0 aliphatic carbocycles. The molecule has 3 aromatic rings. The monoisotopic (exact) mass is 733 g/mol. The second-order valence-corrected chi connectivity index (χ2v) is 13.2. The van der Waals surface area contributed by atoms with Gasteiger partial charge in [0, 0.05) is 13.1 Å². The number of alkyl carbamates (subject to hydrolysis) is 2. The summed E-state index contributed by atoms with van der Waals surface area (Å²) in [6, 6.07) is 23.7. The Hall–Kier alpha value is -5.14. The predicted molar refractivity (Wildman–Crippen MR) is 201 cm³/mol. The number of ether oxygens (including phenoxy) is 3. The molecule has 4 unspecified atom stereocenters. The maximum absolute atomic E-state index is 13.6. The third-order valence-electron chi connectivity index (χ3n) is 8.35. The molecule has 0 aliphatic rings. The van der Waals surface area contributed by atoms with E-state index in [1.54, 1.807) is 57.0 Å². The van der Waals surface area contributed by atoms with E-state index >= 15 is 0 Å². The van der Waals surface area contributed by atoms with Crippen LogP contribution in [0, 0.1) is 11.8 Å². The molecular weight excluding hydrogens is 678 g/mol. The van der Waals surface area contributed by atoms with Crippen molar-refractivity contribution in [1.82, 2.24) is 26.4 Å². The molecule has 0 heterocycles. The molecule has 0 radical (unpaired) electrons. The standard InChI is InChI=1S/C40H55N5O8/c1-7-51-39(49)42-34(27(3)4)37(47)41-36(31-17-13-10-14-18-31)33(46)23-24-45(44-38(48)35(28(5)6)43-40(50)52-8-2)25-29-19-21-32(22-20-29)53-26-30-15-11-9-12-16-30/h9-22,27-28,33-36,46H,7-8,23-26H2,1-6H3,(H,41,47)(H,42,49)(H,43,50)(H,44,48). The fourth-order valence-electron chi connectivity index (χ4n) is 5.48. The molecule has 3 aromatic carbocycles. The summed E-state index contributed by atoms with van der Waals surface area (Å²) in [5.41, 5.74) is 5.48. The van der Waals surface area contributed by atoms with Crippen LogP contribution in [0.4, 0.5) is 9.59 Å². The van der Waals surface area contributed by atoms with Crippen LogP contribution >= 0.6 is 0 Å². The molecule has 0 bridgehead atoms. The van der Waals surface area contributed by atoms with Gasteiger partial charge in [-0.25, -0.2) is 14.6 Å². The van der Waals surface area contributed by atoms with Gasteiger partial charge in [0.1, 0.15) is 24.4 Å². The zero-order valence-electron chi connectivity index (χ0n) is 31.5. The molecular formula is C40H55N5O8. The summed E-state index contributed by atoms with van der Waals surface area (Å²) >= 11 is 0. The minimum atomic E-state index is -1.11. The van der Waals surface area contributed by atoms with Crippen LogP contribution in [-0.4, -0.2) is 72.1 Å². The molecule has 288 valence electrons. The predicted octanol–water partition coefficient (Wildman–Crippen LogP) is 5.25. The first-order valence-corrected chi connectivity index (χ1v) is 18.1. The van der Waals surface area contributed by atoms with Gasteiger partial charge < -0.3 is 35.3 Å². The summed E-state index contributed by atoms with van der Waals surface area (Å²) in [4.78, 5) is 51.7. The Morgan fingerprint density at radius 2 is 1.21 bits per heavy atom. The Kier molecular flexibility index (Phi) is 17.6. The van der Waals surface area contributed by atoms with E-state index in [9.17, 15) is 24.3 Å². The number of benzene rings is 3. The van der Waals surface area contributed by atoms with E-state index < -0.39 is 48.2 Å². The van der Waals surface area contributed by atoms with Crippen LogP contribution in [0.15, 0.2) is 84.9 Å². The van der Waals surface area contributed by atoms with Gasteiger partial charge in [-0.05, 0) is 60.9 Å². The minimum absolute atomic E-state index is 0.119. The van der Waals surface area contributed by atoms with Crippen molar-refractivity contribution in [3.05, 3.63) is 102 Å². The fourth-order valence-corrected chi connectivity index (χ4v) is 5.48. The van der Waals surface area contributed by atoms with Crippen molar-refractivity contribution >= 4 is 24.0 Å². The highest BCUT2D eigenvalue weighted by molar-refractivity contribution is 5.86. The second kappa shape index (κ2) is 22.0. The number of nitrogens with zero attached hydrogens (tertiary/aromatic N) is 1. The van der Waals surface area contributed by atoms with Crippen molar-refractivity contribution in [2.24, 2.45) is 11.8 Å². The molecule has 0 saturated carbocycles. The lowest BCUT2D eigenvalue weighted by Crippen LogP contribution is -2.55. The smallest absolute Gasteiger partial charge is 0.407 e. The largest absolute Gasteiger partial charge is 0.489 e. The van der Waals surface area contributed by atoms with Gasteiger partial charge in [-0.2, -0.15) is 0 Å².